The molecule has 0 spiro atoms. The van der Waals surface area contributed by atoms with E-state index in [2.05, 4.69) is 6.92 Å². The Morgan fingerprint density at radius 1 is 0.929 bits per heavy atom. The summed E-state index contributed by atoms with van der Waals surface area (Å²) in [4.78, 5) is 0. The molecule has 0 aliphatic heterocycles. The van der Waals surface area contributed by atoms with E-state index in [1.807, 2.05) is 13.8 Å². The lowest BCUT2D eigenvalue weighted by Crippen LogP contribution is -2.30. The lowest BCUT2D eigenvalue weighted by molar-refractivity contribution is -0.0132. The Balaban J connectivity index is 3.39. The second-order valence-corrected chi connectivity index (χ2v) is 4.50. The Bertz CT molecular complexity index is 123. The third kappa shape index (κ3) is 6.39. The van der Waals surface area contributed by atoms with Crippen molar-refractivity contribution in [2.45, 2.75) is 71.5 Å². The lowest BCUT2D eigenvalue weighted by Gasteiger charge is -2.20. The molecule has 14 heavy (non-hydrogen) atoms. The smallest absolute Gasteiger partial charge is 0.0821 e. The summed E-state index contributed by atoms with van der Waals surface area (Å²) < 4.78 is 0. The van der Waals surface area contributed by atoms with Gasteiger partial charge in [-0.1, -0.05) is 52.9 Å². The average molecular weight is 202 g/mol. The first-order chi connectivity index (χ1) is 6.59. The average Bonchev–Trinajstić information content (AvgIpc) is 2.16. The van der Waals surface area contributed by atoms with Gasteiger partial charge in [0.25, 0.3) is 0 Å². The third-order valence-electron chi connectivity index (χ3n) is 2.68. The molecule has 0 aromatic rings. The van der Waals surface area contributed by atoms with Gasteiger partial charge in [0.05, 0.1) is 12.2 Å². The molecule has 2 unspecified atom stereocenters. The van der Waals surface area contributed by atoms with Crippen LogP contribution in [0.3, 0.4) is 0 Å². The van der Waals surface area contributed by atoms with E-state index in [4.69, 9.17) is 0 Å². The van der Waals surface area contributed by atoms with E-state index in [0.717, 1.165) is 12.8 Å². The van der Waals surface area contributed by atoms with Crippen LogP contribution in [0.5, 0.6) is 0 Å². The van der Waals surface area contributed by atoms with Gasteiger partial charge in [-0.15, -0.1) is 0 Å². The topological polar surface area (TPSA) is 40.5 Å². The summed E-state index contributed by atoms with van der Waals surface area (Å²) in [5.41, 5.74) is 0. The predicted molar refractivity (Wildman–Crippen MR) is 60.2 cm³/mol. The van der Waals surface area contributed by atoms with Gasteiger partial charge in [0, 0.05) is 0 Å². The van der Waals surface area contributed by atoms with E-state index in [-0.39, 0.29) is 5.92 Å². The standard InChI is InChI=1S/C12H26O2/c1-4-5-6-7-8-9-11(13)12(14)10(2)3/h10-14H,4-9H2,1-3H3. The Labute approximate surface area is 88.3 Å². The van der Waals surface area contributed by atoms with Crippen LogP contribution in [0.4, 0.5) is 0 Å². The van der Waals surface area contributed by atoms with E-state index in [1.165, 1.54) is 25.7 Å². The van der Waals surface area contributed by atoms with Crippen LogP contribution in [0, 0.1) is 5.92 Å². The van der Waals surface area contributed by atoms with E-state index in [1.54, 1.807) is 0 Å². The van der Waals surface area contributed by atoms with Crippen LogP contribution in [0.1, 0.15) is 59.3 Å². The summed E-state index contributed by atoms with van der Waals surface area (Å²) in [7, 11) is 0. The molecule has 0 saturated carbocycles. The van der Waals surface area contributed by atoms with Gasteiger partial charge in [-0.3, -0.25) is 0 Å². The fourth-order valence-electron chi connectivity index (χ4n) is 1.57. The molecule has 2 nitrogen and oxygen atoms in total. The molecular weight excluding hydrogens is 176 g/mol. The molecule has 0 heterocycles. The Kier molecular flexibility index (Phi) is 8.20. The van der Waals surface area contributed by atoms with Gasteiger partial charge >= 0.3 is 0 Å². The number of unbranched alkanes of at least 4 members (excludes halogenated alkanes) is 4. The van der Waals surface area contributed by atoms with E-state index in [0.29, 0.717) is 0 Å². The van der Waals surface area contributed by atoms with Crippen molar-refractivity contribution in [1.82, 2.24) is 0 Å². The Morgan fingerprint density at radius 2 is 1.50 bits per heavy atom. The lowest BCUT2D eigenvalue weighted by atomic mass is 9.97. The van der Waals surface area contributed by atoms with Crippen LogP contribution >= 0.6 is 0 Å². The molecule has 0 bridgehead atoms. The van der Waals surface area contributed by atoms with Gasteiger partial charge < -0.3 is 10.2 Å². The molecule has 0 radical (unpaired) electrons. The number of rotatable bonds is 8. The molecule has 0 aliphatic carbocycles. The van der Waals surface area contributed by atoms with Gasteiger partial charge in [0.1, 0.15) is 0 Å². The van der Waals surface area contributed by atoms with Gasteiger partial charge in [-0.2, -0.15) is 0 Å². The molecule has 0 fully saturated rings. The van der Waals surface area contributed by atoms with Crippen LogP contribution in [0.15, 0.2) is 0 Å². The fraction of sp³-hybridized carbons (Fsp3) is 1.00. The van der Waals surface area contributed by atoms with Crippen LogP contribution in [0.25, 0.3) is 0 Å². The van der Waals surface area contributed by atoms with Gasteiger partial charge in [-0.05, 0) is 12.3 Å². The molecular formula is C12H26O2. The van der Waals surface area contributed by atoms with Crippen molar-refractivity contribution < 1.29 is 10.2 Å². The highest BCUT2D eigenvalue weighted by Crippen LogP contribution is 2.13. The highest BCUT2D eigenvalue weighted by molar-refractivity contribution is 4.69. The molecule has 0 aromatic heterocycles. The Hall–Kier alpha value is -0.0800. The van der Waals surface area contributed by atoms with Crippen LogP contribution in [-0.2, 0) is 0 Å². The summed E-state index contributed by atoms with van der Waals surface area (Å²) in [5.74, 6) is 0.153. The van der Waals surface area contributed by atoms with E-state index < -0.39 is 12.2 Å². The SMILES string of the molecule is CCCCCCCC(O)C(O)C(C)C. The molecule has 0 aliphatic rings. The van der Waals surface area contributed by atoms with Gasteiger partial charge in [-0.25, -0.2) is 0 Å². The molecule has 2 N–H and O–H groups in total. The highest BCUT2D eigenvalue weighted by atomic mass is 16.3. The normalized spacial score (nSPS) is 15.9. The van der Waals surface area contributed by atoms with Crippen molar-refractivity contribution in [3.8, 4) is 0 Å². The summed E-state index contributed by atoms with van der Waals surface area (Å²) >= 11 is 0. The summed E-state index contributed by atoms with van der Waals surface area (Å²) in [5, 5.41) is 19.1. The minimum Gasteiger partial charge on any atom is -0.390 e. The monoisotopic (exact) mass is 202 g/mol. The zero-order valence-electron chi connectivity index (χ0n) is 9.87. The van der Waals surface area contributed by atoms with Crippen molar-refractivity contribution in [2.24, 2.45) is 5.92 Å². The van der Waals surface area contributed by atoms with Crippen molar-refractivity contribution in [1.29, 1.82) is 0 Å². The maximum Gasteiger partial charge on any atom is 0.0821 e. The number of aliphatic hydroxyl groups is 2. The molecule has 0 saturated heterocycles. The first-order valence-corrected chi connectivity index (χ1v) is 5.95. The molecule has 0 aromatic carbocycles. The van der Waals surface area contributed by atoms with Gasteiger partial charge in [0.15, 0.2) is 0 Å². The zero-order valence-corrected chi connectivity index (χ0v) is 9.87. The zero-order chi connectivity index (χ0) is 11.0. The van der Waals surface area contributed by atoms with Crippen LogP contribution < -0.4 is 0 Å². The third-order valence-corrected chi connectivity index (χ3v) is 2.68. The minimum atomic E-state index is -0.554. The van der Waals surface area contributed by atoms with Gasteiger partial charge in [0.2, 0.25) is 0 Å². The van der Waals surface area contributed by atoms with E-state index >= 15 is 0 Å². The summed E-state index contributed by atoms with van der Waals surface area (Å²) in [6.45, 7) is 6.06. The molecule has 0 rings (SSSR count). The van der Waals surface area contributed by atoms with Crippen LogP contribution in [-0.4, -0.2) is 22.4 Å². The summed E-state index contributed by atoms with van der Waals surface area (Å²) in [6.07, 6.45) is 5.64. The number of hydrogen-bond donors (Lipinski definition) is 2. The second-order valence-electron chi connectivity index (χ2n) is 4.50. The highest BCUT2D eigenvalue weighted by Gasteiger charge is 2.18. The first kappa shape index (κ1) is 13.9. The number of hydrogen-bond acceptors (Lipinski definition) is 2. The quantitative estimate of drug-likeness (QED) is 0.594. The molecule has 0 amide bonds. The maximum atomic E-state index is 9.59. The maximum absolute atomic E-state index is 9.59. The van der Waals surface area contributed by atoms with E-state index in [9.17, 15) is 10.2 Å². The van der Waals surface area contributed by atoms with Crippen molar-refractivity contribution in [2.75, 3.05) is 0 Å². The largest absolute Gasteiger partial charge is 0.390 e. The van der Waals surface area contributed by atoms with Crippen molar-refractivity contribution in [3.05, 3.63) is 0 Å². The minimum absolute atomic E-state index is 0.153. The molecule has 86 valence electrons. The Morgan fingerprint density at radius 3 is 2.00 bits per heavy atom. The van der Waals surface area contributed by atoms with Crippen molar-refractivity contribution >= 4 is 0 Å². The molecule has 2 atom stereocenters. The second kappa shape index (κ2) is 8.25. The first-order valence-electron chi connectivity index (χ1n) is 5.95. The molecule has 2 heteroatoms. The summed E-state index contributed by atoms with van der Waals surface area (Å²) in [6, 6.07) is 0. The predicted octanol–water partition coefficient (Wildman–Crippen LogP) is 2.72. The number of aliphatic hydroxyl groups excluding tert-OH is 2. The van der Waals surface area contributed by atoms with Crippen LogP contribution in [0.2, 0.25) is 0 Å². The van der Waals surface area contributed by atoms with Crippen molar-refractivity contribution in [3.63, 3.8) is 0 Å². The fourth-order valence-corrected chi connectivity index (χ4v) is 1.57.